The van der Waals surface area contributed by atoms with Crippen LogP contribution >= 0.6 is 0 Å². The molecule has 9 heteroatoms. The molecule has 0 unspecified atom stereocenters. The van der Waals surface area contributed by atoms with Crippen LogP contribution in [0.25, 0.3) is 11.0 Å². The molecule has 170 valence electrons. The third-order valence-electron chi connectivity index (χ3n) is 5.17. The number of amides is 1. The Bertz CT molecular complexity index is 1170. The number of anilines is 1. The van der Waals surface area contributed by atoms with E-state index in [1.165, 1.54) is 10.6 Å². The molecule has 0 spiro atoms. The Labute approximate surface area is 185 Å². The van der Waals surface area contributed by atoms with E-state index in [0.29, 0.717) is 43.9 Å². The maximum absolute atomic E-state index is 13.1. The van der Waals surface area contributed by atoms with Crippen LogP contribution in [0.2, 0.25) is 0 Å². The predicted octanol–water partition coefficient (Wildman–Crippen LogP) is 2.82. The highest BCUT2D eigenvalue weighted by molar-refractivity contribution is 6.04. The lowest BCUT2D eigenvalue weighted by Gasteiger charge is -2.24. The summed E-state index contributed by atoms with van der Waals surface area (Å²) in [5.74, 6) is -1.67. The van der Waals surface area contributed by atoms with Crippen molar-refractivity contribution in [2.45, 2.75) is 26.8 Å². The van der Waals surface area contributed by atoms with Gasteiger partial charge in [0, 0.05) is 44.4 Å². The third-order valence-corrected chi connectivity index (χ3v) is 5.17. The number of carbonyl (C=O) groups is 1. The lowest BCUT2D eigenvalue weighted by Crippen LogP contribution is -2.37. The maximum atomic E-state index is 13.1. The van der Waals surface area contributed by atoms with Crippen LogP contribution in [0.4, 0.5) is 10.1 Å². The van der Waals surface area contributed by atoms with Crippen LogP contribution in [0.5, 0.6) is 5.75 Å². The first-order valence-electron chi connectivity index (χ1n) is 10.4. The summed E-state index contributed by atoms with van der Waals surface area (Å²) in [6.07, 6.45) is 6.77. The van der Waals surface area contributed by atoms with Gasteiger partial charge in [-0.2, -0.15) is 0 Å². The zero-order valence-corrected chi connectivity index (χ0v) is 18.2. The van der Waals surface area contributed by atoms with Crippen molar-refractivity contribution in [3.63, 3.8) is 0 Å². The molecule has 3 N–H and O–H groups in total. The first-order valence-corrected chi connectivity index (χ1v) is 10.4. The summed E-state index contributed by atoms with van der Waals surface area (Å²) in [4.78, 5) is 30.1. The topological polar surface area (TPSA) is 105 Å². The van der Waals surface area contributed by atoms with Gasteiger partial charge in [0.1, 0.15) is 16.9 Å². The molecular weight excluding hydrogens is 415 g/mol. The highest BCUT2D eigenvalue weighted by atomic mass is 19.1. The molecule has 2 aromatic rings. The predicted molar refractivity (Wildman–Crippen MR) is 122 cm³/mol. The van der Waals surface area contributed by atoms with E-state index in [2.05, 4.69) is 22.2 Å². The molecular formula is C23H27FN4O4. The van der Waals surface area contributed by atoms with Gasteiger partial charge < -0.3 is 25.0 Å². The summed E-state index contributed by atoms with van der Waals surface area (Å²) in [7, 11) is 0. The minimum atomic E-state index is -0.670. The number of ether oxygens (including phenoxy) is 1. The average molecular weight is 442 g/mol. The standard InChI is InChI=1S/C23H27FN4O4/c1-4-15(7-6-14(3)24)12-16-13-27-19-20-18(16)25-8-10-28(20)23(31)17(21(19)29)22(30)26-9-11-32-5-2/h4,6-7,13,25,29H,3,5,8-12H2,1-2H3,(H,26,30)/b7-6-,15-4+. The third kappa shape index (κ3) is 4.72. The number of hydrogen-bond acceptors (Lipinski definition) is 6. The quantitative estimate of drug-likeness (QED) is 0.407. The van der Waals surface area contributed by atoms with Crippen LogP contribution in [-0.2, 0) is 17.7 Å². The summed E-state index contributed by atoms with van der Waals surface area (Å²) >= 11 is 0. The molecule has 3 rings (SSSR count). The van der Waals surface area contributed by atoms with Crippen molar-refractivity contribution in [1.29, 1.82) is 0 Å². The van der Waals surface area contributed by atoms with Crippen LogP contribution in [-0.4, -0.2) is 46.9 Å². The van der Waals surface area contributed by atoms with Crippen molar-refractivity contribution in [3.8, 4) is 5.75 Å². The zero-order valence-electron chi connectivity index (χ0n) is 18.2. The Balaban J connectivity index is 2.05. The van der Waals surface area contributed by atoms with Crippen LogP contribution in [0.15, 0.2) is 47.2 Å². The van der Waals surface area contributed by atoms with Gasteiger partial charge >= 0.3 is 0 Å². The van der Waals surface area contributed by atoms with Gasteiger partial charge in [-0.25, -0.2) is 4.39 Å². The molecule has 0 aromatic carbocycles. The Morgan fingerprint density at radius 1 is 1.47 bits per heavy atom. The van der Waals surface area contributed by atoms with Gasteiger partial charge in [0.15, 0.2) is 5.75 Å². The monoisotopic (exact) mass is 442 g/mol. The number of nitrogens with zero attached hydrogens (tertiary/aromatic N) is 2. The summed E-state index contributed by atoms with van der Waals surface area (Å²) in [6, 6.07) is 0. The summed E-state index contributed by atoms with van der Waals surface area (Å²) < 4.78 is 19.7. The molecule has 0 fully saturated rings. The highest BCUT2D eigenvalue weighted by Crippen LogP contribution is 2.34. The number of hydrogen-bond donors (Lipinski definition) is 3. The van der Waals surface area contributed by atoms with E-state index in [9.17, 15) is 19.1 Å². The number of rotatable bonds is 9. The lowest BCUT2D eigenvalue weighted by molar-refractivity contribution is 0.0918. The van der Waals surface area contributed by atoms with Crippen LogP contribution < -0.4 is 16.2 Å². The first-order chi connectivity index (χ1) is 15.4. The Morgan fingerprint density at radius 3 is 2.94 bits per heavy atom. The first kappa shape index (κ1) is 23.2. The van der Waals surface area contributed by atoms with Crippen molar-refractivity contribution < 1.29 is 19.0 Å². The van der Waals surface area contributed by atoms with E-state index < -0.39 is 23.0 Å². The molecule has 8 nitrogen and oxygen atoms in total. The smallest absolute Gasteiger partial charge is 0.267 e. The van der Waals surface area contributed by atoms with Crippen LogP contribution in [0.3, 0.4) is 0 Å². The molecule has 2 aromatic heterocycles. The van der Waals surface area contributed by atoms with E-state index in [0.717, 1.165) is 11.1 Å². The van der Waals surface area contributed by atoms with Crippen molar-refractivity contribution in [1.82, 2.24) is 14.9 Å². The van der Waals surface area contributed by atoms with Crippen LogP contribution in [0.1, 0.15) is 29.8 Å². The second kappa shape index (κ2) is 10.2. The largest absolute Gasteiger partial charge is 0.505 e. The molecule has 0 saturated heterocycles. The second-order valence-electron chi connectivity index (χ2n) is 7.24. The molecule has 32 heavy (non-hydrogen) atoms. The van der Waals surface area contributed by atoms with Crippen molar-refractivity contribution in [2.75, 3.05) is 31.6 Å². The molecule has 0 aliphatic carbocycles. The van der Waals surface area contributed by atoms with Gasteiger partial charge in [0.05, 0.1) is 17.8 Å². The molecule has 1 aliphatic rings. The summed E-state index contributed by atoms with van der Waals surface area (Å²) in [6.45, 7) is 8.73. The van der Waals surface area contributed by atoms with Gasteiger partial charge in [-0.15, -0.1) is 0 Å². The number of allylic oxidation sites excluding steroid dienone is 5. The molecule has 0 radical (unpaired) electrons. The molecule has 0 atom stereocenters. The van der Waals surface area contributed by atoms with Crippen LogP contribution in [0, 0.1) is 0 Å². The fourth-order valence-electron chi connectivity index (χ4n) is 3.62. The van der Waals surface area contributed by atoms with Gasteiger partial charge in [0.25, 0.3) is 11.5 Å². The number of nitrogens with one attached hydrogen (secondary N) is 2. The van der Waals surface area contributed by atoms with Gasteiger partial charge in [-0.1, -0.05) is 18.7 Å². The summed E-state index contributed by atoms with van der Waals surface area (Å²) in [5, 5.41) is 16.6. The number of carbonyl (C=O) groups excluding carboxylic acids is 1. The lowest BCUT2D eigenvalue weighted by atomic mass is 10.0. The molecule has 0 bridgehead atoms. The van der Waals surface area contributed by atoms with Crippen molar-refractivity contribution in [2.24, 2.45) is 0 Å². The zero-order chi connectivity index (χ0) is 23.3. The van der Waals surface area contributed by atoms with Crippen molar-refractivity contribution in [3.05, 3.63) is 63.9 Å². The number of pyridine rings is 2. The van der Waals surface area contributed by atoms with Gasteiger partial charge in [-0.3, -0.25) is 14.6 Å². The van der Waals surface area contributed by atoms with E-state index >= 15 is 0 Å². The Hall–Kier alpha value is -3.46. The molecule has 1 aliphatic heterocycles. The number of aromatic nitrogens is 2. The van der Waals surface area contributed by atoms with Gasteiger partial charge in [0.2, 0.25) is 0 Å². The number of halogens is 1. The van der Waals surface area contributed by atoms with E-state index in [-0.39, 0.29) is 17.6 Å². The molecule has 0 saturated carbocycles. The average Bonchev–Trinajstić information content (AvgIpc) is 2.78. The fourth-order valence-corrected chi connectivity index (χ4v) is 3.62. The van der Waals surface area contributed by atoms with E-state index in [1.54, 1.807) is 12.3 Å². The number of aromatic hydroxyl groups is 1. The minimum absolute atomic E-state index is 0.167. The molecule has 1 amide bonds. The fraction of sp³-hybridized carbons (Fsp3) is 0.348. The van der Waals surface area contributed by atoms with Crippen molar-refractivity contribution >= 4 is 22.6 Å². The van der Waals surface area contributed by atoms with E-state index in [1.807, 2.05) is 19.9 Å². The normalized spacial score (nSPS) is 13.4. The minimum Gasteiger partial charge on any atom is -0.505 e. The SMILES string of the molecule is C=C(F)/C=C\C(=C/C)Cc1cnc2c(O)c(C(=O)NCCOCC)c(=O)n3c2c1NCC3. The Kier molecular flexibility index (Phi) is 7.42. The van der Waals surface area contributed by atoms with Gasteiger partial charge in [-0.05, 0) is 25.5 Å². The molecule has 3 heterocycles. The second-order valence-corrected chi connectivity index (χ2v) is 7.24. The van der Waals surface area contributed by atoms with E-state index in [4.69, 9.17) is 4.74 Å². The Morgan fingerprint density at radius 2 is 2.25 bits per heavy atom. The summed E-state index contributed by atoms with van der Waals surface area (Å²) in [5.41, 5.74) is 1.96. The maximum Gasteiger partial charge on any atom is 0.267 e. The highest BCUT2D eigenvalue weighted by Gasteiger charge is 2.27.